The van der Waals surface area contributed by atoms with Crippen LogP contribution >= 0.6 is 0 Å². The van der Waals surface area contributed by atoms with Crippen LogP contribution in [0, 0.1) is 0 Å². The number of carbonyl (C=O) groups is 2. The second-order valence-electron chi connectivity index (χ2n) is 4.17. The molecule has 1 aromatic rings. The second kappa shape index (κ2) is 7.37. The van der Waals surface area contributed by atoms with Crippen LogP contribution in [-0.2, 0) is 20.7 Å². The monoisotopic (exact) mass is 281 g/mol. The van der Waals surface area contributed by atoms with Crippen molar-refractivity contribution in [1.29, 1.82) is 0 Å². The van der Waals surface area contributed by atoms with Gasteiger partial charge in [-0.1, -0.05) is 6.07 Å². The molecular weight excluding hydrogens is 262 g/mol. The molecule has 0 fully saturated rings. The van der Waals surface area contributed by atoms with Gasteiger partial charge in [-0.3, -0.25) is 4.79 Å². The molecular formula is C14H19NO5. The van der Waals surface area contributed by atoms with Crippen molar-refractivity contribution < 1.29 is 23.8 Å². The van der Waals surface area contributed by atoms with Gasteiger partial charge >= 0.3 is 5.97 Å². The minimum Gasteiger partial charge on any atom is -0.493 e. The van der Waals surface area contributed by atoms with Crippen molar-refractivity contribution >= 4 is 11.9 Å². The molecule has 1 rings (SSSR count). The lowest BCUT2D eigenvalue weighted by atomic mass is 10.1. The fraction of sp³-hybridized carbons (Fsp3) is 0.429. The van der Waals surface area contributed by atoms with E-state index in [2.05, 4.69) is 10.1 Å². The lowest BCUT2D eigenvalue weighted by Crippen LogP contribution is -2.41. The van der Waals surface area contributed by atoms with Gasteiger partial charge in [-0.25, -0.2) is 4.79 Å². The summed E-state index contributed by atoms with van der Waals surface area (Å²) in [5, 5.41) is 2.56. The van der Waals surface area contributed by atoms with Gasteiger partial charge in [0.1, 0.15) is 6.04 Å². The SMILES string of the molecule is COC(=O)C(Cc1ccc(OC)c(OC)c1)NC(C)=O. The van der Waals surface area contributed by atoms with Crippen molar-refractivity contribution in [3.63, 3.8) is 0 Å². The summed E-state index contributed by atoms with van der Waals surface area (Å²) < 4.78 is 15.0. The summed E-state index contributed by atoms with van der Waals surface area (Å²) in [7, 11) is 4.37. The Labute approximate surface area is 118 Å². The minimum absolute atomic E-state index is 0.291. The van der Waals surface area contributed by atoms with E-state index < -0.39 is 12.0 Å². The van der Waals surface area contributed by atoms with E-state index in [4.69, 9.17) is 9.47 Å². The van der Waals surface area contributed by atoms with Crippen molar-refractivity contribution in [2.24, 2.45) is 0 Å². The zero-order chi connectivity index (χ0) is 15.1. The molecule has 6 heteroatoms. The molecule has 0 radical (unpaired) electrons. The van der Waals surface area contributed by atoms with E-state index in [9.17, 15) is 9.59 Å². The zero-order valence-electron chi connectivity index (χ0n) is 12.1. The summed E-state index contributed by atoms with van der Waals surface area (Å²) in [5.74, 6) is 0.387. The van der Waals surface area contributed by atoms with Crippen LogP contribution in [0.3, 0.4) is 0 Å². The number of hydrogen-bond acceptors (Lipinski definition) is 5. The Bertz CT molecular complexity index is 486. The maximum Gasteiger partial charge on any atom is 0.328 e. The van der Waals surface area contributed by atoms with Crippen LogP contribution in [0.4, 0.5) is 0 Å². The summed E-state index contributed by atoms with van der Waals surface area (Å²) in [4.78, 5) is 22.8. The molecule has 1 unspecified atom stereocenters. The fourth-order valence-electron chi connectivity index (χ4n) is 1.82. The van der Waals surface area contributed by atoms with Gasteiger partial charge in [0, 0.05) is 13.3 Å². The first-order chi connectivity index (χ1) is 9.51. The van der Waals surface area contributed by atoms with Crippen LogP contribution in [0.1, 0.15) is 12.5 Å². The molecule has 0 bridgehead atoms. The zero-order valence-corrected chi connectivity index (χ0v) is 12.1. The summed E-state index contributed by atoms with van der Waals surface area (Å²) in [6.45, 7) is 1.35. The average molecular weight is 281 g/mol. The highest BCUT2D eigenvalue weighted by Gasteiger charge is 2.21. The number of hydrogen-bond donors (Lipinski definition) is 1. The summed E-state index contributed by atoms with van der Waals surface area (Å²) in [6, 6.07) is 4.59. The summed E-state index contributed by atoms with van der Waals surface area (Å²) in [6.07, 6.45) is 0.312. The second-order valence-corrected chi connectivity index (χ2v) is 4.17. The maximum absolute atomic E-state index is 11.6. The Balaban J connectivity index is 2.93. The third kappa shape index (κ3) is 4.15. The first-order valence-corrected chi connectivity index (χ1v) is 6.07. The molecule has 0 aliphatic rings. The average Bonchev–Trinajstić information content (AvgIpc) is 2.45. The van der Waals surface area contributed by atoms with Gasteiger partial charge in [0.2, 0.25) is 5.91 Å². The van der Waals surface area contributed by atoms with Crippen LogP contribution < -0.4 is 14.8 Å². The molecule has 0 aliphatic heterocycles. The number of ether oxygens (including phenoxy) is 3. The Morgan fingerprint density at radius 1 is 1.15 bits per heavy atom. The number of nitrogens with one attached hydrogen (secondary N) is 1. The Morgan fingerprint density at radius 2 is 1.80 bits per heavy atom. The van der Waals surface area contributed by atoms with Crippen molar-refractivity contribution in [3.8, 4) is 11.5 Å². The smallest absolute Gasteiger partial charge is 0.328 e. The fourth-order valence-corrected chi connectivity index (χ4v) is 1.82. The highest BCUT2D eigenvalue weighted by atomic mass is 16.5. The lowest BCUT2D eigenvalue weighted by molar-refractivity contribution is -0.144. The van der Waals surface area contributed by atoms with E-state index in [1.165, 1.54) is 21.1 Å². The van der Waals surface area contributed by atoms with Gasteiger partial charge in [-0.2, -0.15) is 0 Å². The van der Waals surface area contributed by atoms with Crippen LogP contribution in [0.15, 0.2) is 18.2 Å². The van der Waals surface area contributed by atoms with E-state index in [1.807, 2.05) is 0 Å². The highest BCUT2D eigenvalue weighted by Crippen LogP contribution is 2.28. The molecule has 20 heavy (non-hydrogen) atoms. The molecule has 0 heterocycles. The van der Waals surface area contributed by atoms with E-state index >= 15 is 0 Å². The largest absolute Gasteiger partial charge is 0.493 e. The van der Waals surface area contributed by atoms with Crippen molar-refractivity contribution in [1.82, 2.24) is 5.32 Å². The molecule has 0 saturated heterocycles. The lowest BCUT2D eigenvalue weighted by Gasteiger charge is -2.16. The van der Waals surface area contributed by atoms with Gasteiger partial charge in [0.15, 0.2) is 11.5 Å². The quantitative estimate of drug-likeness (QED) is 0.785. The standard InChI is InChI=1S/C14H19NO5/c1-9(16)15-11(14(17)20-4)7-10-5-6-12(18-2)13(8-10)19-3/h5-6,8,11H,7H2,1-4H3,(H,15,16). The number of benzene rings is 1. The predicted molar refractivity (Wildman–Crippen MR) is 72.9 cm³/mol. The predicted octanol–water partition coefficient (Wildman–Crippen LogP) is 0.924. The van der Waals surface area contributed by atoms with Gasteiger partial charge in [-0.15, -0.1) is 0 Å². The molecule has 6 nitrogen and oxygen atoms in total. The van der Waals surface area contributed by atoms with Crippen molar-refractivity contribution in [2.45, 2.75) is 19.4 Å². The number of methoxy groups -OCH3 is 3. The van der Waals surface area contributed by atoms with E-state index in [0.717, 1.165) is 5.56 Å². The first kappa shape index (κ1) is 15.8. The van der Waals surface area contributed by atoms with Crippen molar-refractivity contribution in [2.75, 3.05) is 21.3 Å². The molecule has 0 spiro atoms. The minimum atomic E-state index is -0.726. The molecule has 1 N–H and O–H groups in total. The van der Waals surface area contributed by atoms with E-state index in [-0.39, 0.29) is 5.91 Å². The molecule has 0 aliphatic carbocycles. The number of esters is 1. The molecule has 0 saturated carbocycles. The third-order valence-corrected chi connectivity index (χ3v) is 2.75. The van der Waals surface area contributed by atoms with Crippen molar-refractivity contribution in [3.05, 3.63) is 23.8 Å². The summed E-state index contributed by atoms with van der Waals surface area (Å²) >= 11 is 0. The van der Waals surface area contributed by atoms with Crippen LogP contribution in [0.25, 0.3) is 0 Å². The molecule has 0 aromatic heterocycles. The van der Waals surface area contributed by atoms with Crippen LogP contribution in [0.5, 0.6) is 11.5 Å². The Morgan fingerprint density at radius 3 is 2.30 bits per heavy atom. The van der Waals surface area contributed by atoms with E-state index in [1.54, 1.807) is 25.3 Å². The molecule has 110 valence electrons. The number of amides is 1. The Kier molecular flexibility index (Phi) is 5.83. The van der Waals surface area contributed by atoms with Gasteiger partial charge in [0.25, 0.3) is 0 Å². The first-order valence-electron chi connectivity index (χ1n) is 6.07. The van der Waals surface area contributed by atoms with Gasteiger partial charge in [-0.05, 0) is 17.7 Å². The summed E-state index contributed by atoms with van der Waals surface area (Å²) in [5.41, 5.74) is 0.826. The van der Waals surface area contributed by atoms with Gasteiger partial charge < -0.3 is 19.5 Å². The highest BCUT2D eigenvalue weighted by molar-refractivity contribution is 5.83. The number of carbonyl (C=O) groups excluding carboxylic acids is 2. The molecule has 1 amide bonds. The number of rotatable bonds is 6. The normalized spacial score (nSPS) is 11.4. The third-order valence-electron chi connectivity index (χ3n) is 2.75. The van der Waals surface area contributed by atoms with Crippen LogP contribution in [0.2, 0.25) is 0 Å². The van der Waals surface area contributed by atoms with E-state index in [0.29, 0.717) is 17.9 Å². The van der Waals surface area contributed by atoms with Gasteiger partial charge in [0.05, 0.1) is 21.3 Å². The topological polar surface area (TPSA) is 73.9 Å². The maximum atomic E-state index is 11.6. The Hall–Kier alpha value is -2.24. The molecule has 1 atom stereocenters. The van der Waals surface area contributed by atoms with Crippen LogP contribution in [-0.4, -0.2) is 39.2 Å². The molecule has 1 aromatic carbocycles.